The van der Waals surface area contributed by atoms with Crippen LogP contribution in [0.4, 0.5) is 23.0 Å². The Morgan fingerprint density at radius 2 is 1.90 bits per heavy atom. The third-order valence-corrected chi connectivity index (χ3v) is 5.84. The van der Waals surface area contributed by atoms with Crippen LogP contribution in [0.1, 0.15) is 6.42 Å². The number of hydrogen-bond donors (Lipinski definition) is 1. The Labute approximate surface area is 180 Å². The maximum absolute atomic E-state index is 11.4. The molecule has 3 aromatic rings. The molecule has 1 N–H and O–H groups in total. The Morgan fingerprint density at radius 3 is 2.55 bits per heavy atom. The number of aliphatic carboxylic acids is 1. The minimum absolute atomic E-state index is 0.396. The second-order valence-electron chi connectivity index (χ2n) is 8.02. The fourth-order valence-electron chi connectivity index (χ4n) is 4.08. The van der Waals surface area contributed by atoms with Crippen LogP contribution < -0.4 is 19.5 Å². The number of nitrogens with zero attached hydrogens (tertiary/aromatic N) is 6. The molecule has 31 heavy (non-hydrogen) atoms. The number of carboxylic acids is 1. The maximum atomic E-state index is 11.4. The van der Waals surface area contributed by atoms with E-state index in [9.17, 15) is 15.0 Å². The number of anilines is 2. The number of hydrogen-bond acceptors (Lipinski definition) is 7. The molecule has 2 aromatic carbocycles. The van der Waals surface area contributed by atoms with Crippen LogP contribution in [0.25, 0.3) is 11.0 Å². The molecule has 0 spiro atoms. The third kappa shape index (κ3) is 3.72. The number of aryl methyl sites for hydroxylation is 2. The summed E-state index contributed by atoms with van der Waals surface area (Å²) in [7, 11) is 7.92. The van der Waals surface area contributed by atoms with Crippen molar-refractivity contribution in [1.29, 1.82) is 0 Å². The molecule has 9 heteroatoms. The van der Waals surface area contributed by atoms with Gasteiger partial charge in [-0.05, 0) is 42.8 Å². The number of fused-ring (bicyclic) bond motifs is 1. The van der Waals surface area contributed by atoms with Gasteiger partial charge in [0.15, 0.2) is 0 Å². The van der Waals surface area contributed by atoms with Crippen molar-refractivity contribution < 1.29 is 19.6 Å². The van der Waals surface area contributed by atoms with Crippen LogP contribution >= 0.6 is 0 Å². The average molecular weight is 422 g/mol. The zero-order valence-corrected chi connectivity index (χ0v) is 18.1. The third-order valence-electron chi connectivity index (χ3n) is 5.84. The number of aliphatic hydroxyl groups excluding tert-OH is 1. The molecular formula is C22H26N6O3. The van der Waals surface area contributed by atoms with E-state index >= 15 is 0 Å². The Kier molecular flexibility index (Phi) is 5.36. The molecule has 0 radical (unpaired) electrons. The summed E-state index contributed by atoms with van der Waals surface area (Å²) < 4.78 is 3.99. The van der Waals surface area contributed by atoms with Gasteiger partial charge in [-0.15, -0.1) is 0 Å². The average Bonchev–Trinajstić information content (AvgIpc) is 3.25. The second-order valence-corrected chi connectivity index (χ2v) is 8.02. The van der Waals surface area contributed by atoms with Crippen molar-refractivity contribution in [3.8, 4) is 0 Å². The number of rotatable bonds is 5. The highest BCUT2D eigenvalue weighted by Gasteiger charge is 2.33. The first-order chi connectivity index (χ1) is 14.8. The van der Waals surface area contributed by atoms with Crippen molar-refractivity contribution in [3.05, 3.63) is 42.5 Å². The molecule has 1 aliphatic heterocycles. The van der Waals surface area contributed by atoms with Gasteiger partial charge < -0.3 is 24.8 Å². The second kappa shape index (κ2) is 7.99. The van der Waals surface area contributed by atoms with Crippen molar-refractivity contribution in [1.82, 2.24) is 4.57 Å². The van der Waals surface area contributed by atoms with Crippen LogP contribution in [0.5, 0.6) is 0 Å². The van der Waals surface area contributed by atoms with Gasteiger partial charge in [0.25, 0.3) is 0 Å². The van der Waals surface area contributed by atoms with Gasteiger partial charge in [0.1, 0.15) is 16.7 Å². The first kappa shape index (κ1) is 20.8. The van der Waals surface area contributed by atoms with Gasteiger partial charge in [0.2, 0.25) is 0 Å². The van der Waals surface area contributed by atoms with E-state index in [1.165, 1.54) is 0 Å². The Balaban J connectivity index is 1.59. The quantitative estimate of drug-likeness (QED) is 0.492. The summed E-state index contributed by atoms with van der Waals surface area (Å²) in [6.45, 7) is 0.460. The van der Waals surface area contributed by atoms with Gasteiger partial charge in [-0.3, -0.25) is 0 Å². The lowest BCUT2D eigenvalue weighted by Crippen LogP contribution is -2.49. The van der Waals surface area contributed by atoms with Crippen LogP contribution in [0, 0.1) is 0 Å². The molecule has 1 fully saturated rings. The summed E-state index contributed by atoms with van der Waals surface area (Å²) in [5.74, 6) is -0.566. The van der Waals surface area contributed by atoms with Gasteiger partial charge in [0.05, 0.1) is 32.2 Å². The van der Waals surface area contributed by atoms with Crippen molar-refractivity contribution in [2.24, 2.45) is 24.3 Å². The summed E-state index contributed by atoms with van der Waals surface area (Å²) in [5, 5.41) is 30.1. The number of carbonyl (C=O) groups excluding carboxylic acids is 1. The van der Waals surface area contributed by atoms with Gasteiger partial charge >= 0.3 is 5.95 Å². The predicted octanol–water partition coefficient (Wildman–Crippen LogP) is 1.17. The summed E-state index contributed by atoms with van der Waals surface area (Å²) in [6, 6.07) is 12.3. The minimum Gasteiger partial charge on any atom is -0.548 e. The lowest BCUT2D eigenvalue weighted by molar-refractivity contribution is -0.632. The number of benzene rings is 2. The van der Waals surface area contributed by atoms with Crippen LogP contribution in [0.15, 0.2) is 52.7 Å². The SMILES string of the molecule is CN(C)c1ccc2c(c1)n(C)c(N=Nc1ccc(N3CCC(O)C3C(=O)[O-])cc1)[n+]2C. The Bertz CT molecular complexity index is 1150. The molecule has 0 amide bonds. The molecule has 0 bridgehead atoms. The Morgan fingerprint density at radius 1 is 1.19 bits per heavy atom. The molecule has 1 aromatic heterocycles. The number of aliphatic hydroxyl groups is 1. The van der Waals surface area contributed by atoms with Crippen molar-refractivity contribution in [3.63, 3.8) is 0 Å². The van der Waals surface area contributed by atoms with E-state index in [4.69, 9.17) is 0 Å². The summed E-state index contributed by atoms with van der Waals surface area (Å²) in [4.78, 5) is 15.1. The highest BCUT2D eigenvalue weighted by atomic mass is 16.4. The van der Waals surface area contributed by atoms with E-state index in [1.807, 2.05) is 37.3 Å². The standard InChI is InChI=1S/C22H26N6O3/c1-25(2)16-9-10-17-18(13-16)27(4)22(26(17)3)24-23-14-5-7-15(8-6-14)28-12-11-19(29)20(28)21(30)31/h5-10,13,19-20,29H,11-12H2,1-4H3. The van der Waals surface area contributed by atoms with Gasteiger partial charge in [-0.1, -0.05) is 5.11 Å². The highest BCUT2D eigenvalue weighted by molar-refractivity contribution is 5.79. The minimum atomic E-state index is -1.27. The maximum Gasteiger partial charge on any atom is 0.422 e. The van der Waals surface area contributed by atoms with E-state index in [1.54, 1.807) is 29.2 Å². The lowest BCUT2D eigenvalue weighted by atomic mass is 10.1. The highest BCUT2D eigenvalue weighted by Crippen LogP contribution is 2.29. The summed E-state index contributed by atoms with van der Waals surface area (Å²) >= 11 is 0. The molecule has 0 saturated carbocycles. The largest absolute Gasteiger partial charge is 0.548 e. The van der Waals surface area contributed by atoms with Crippen LogP contribution in [-0.2, 0) is 18.9 Å². The van der Waals surface area contributed by atoms with Crippen LogP contribution in [0.3, 0.4) is 0 Å². The number of imidazole rings is 1. The number of carboxylic acid groups (broad SMARTS) is 1. The van der Waals surface area contributed by atoms with Crippen molar-refractivity contribution in [2.75, 3.05) is 30.4 Å². The molecule has 2 heterocycles. The van der Waals surface area contributed by atoms with E-state index in [-0.39, 0.29) is 0 Å². The molecule has 1 aliphatic rings. The van der Waals surface area contributed by atoms with E-state index in [0.29, 0.717) is 30.3 Å². The zero-order chi connectivity index (χ0) is 22.3. The molecule has 162 valence electrons. The molecule has 2 unspecified atom stereocenters. The monoisotopic (exact) mass is 422 g/mol. The number of carbonyl (C=O) groups is 1. The molecule has 1 saturated heterocycles. The molecular weight excluding hydrogens is 396 g/mol. The first-order valence-electron chi connectivity index (χ1n) is 10.1. The predicted molar refractivity (Wildman–Crippen MR) is 116 cm³/mol. The molecule has 0 aliphatic carbocycles. The van der Waals surface area contributed by atoms with E-state index in [2.05, 4.69) is 33.3 Å². The zero-order valence-electron chi connectivity index (χ0n) is 18.1. The van der Waals surface area contributed by atoms with Gasteiger partial charge in [-0.2, -0.15) is 0 Å². The normalized spacial score (nSPS) is 18.9. The number of azo groups is 1. The first-order valence-corrected chi connectivity index (χ1v) is 10.1. The topological polar surface area (TPSA) is 100 Å². The molecule has 9 nitrogen and oxygen atoms in total. The van der Waals surface area contributed by atoms with Crippen molar-refractivity contribution >= 4 is 40.0 Å². The smallest absolute Gasteiger partial charge is 0.422 e. The summed E-state index contributed by atoms with van der Waals surface area (Å²) in [5.41, 5.74) is 4.57. The van der Waals surface area contributed by atoms with Crippen LogP contribution in [0.2, 0.25) is 0 Å². The van der Waals surface area contributed by atoms with Crippen LogP contribution in [-0.4, -0.2) is 48.4 Å². The van der Waals surface area contributed by atoms with Crippen molar-refractivity contribution in [2.45, 2.75) is 18.6 Å². The van der Waals surface area contributed by atoms with Gasteiger partial charge in [-0.25, -0.2) is 9.13 Å². The molecule has 4 rings (SSSR count). The molecule has 2 atom stereocenters. The summed E-state index contributed by atoms with van der Waals surface area (Å²) in [6.07, 6.45) is -0.531. The fourth-order valence-corrected chi connectivity index (χ4v) is 4.08. The van der Waals surface area contributed by atoms with E-state index < -0.39 is 18.1 Å². The number of aromatic nitrogens is 2. The van der Waals surface area contributed by atoms with E-state index in [0.717, 1.165) is 16.7 Å². The Hall–Kier alpha value is -3.46. The fraction of sp³-hybridized carbons (Fsp3) is 0.364. The lowest BCUT2D eigenvalue weighted by Gasteiger charge is -2.28. The van der Waals surface area contributed by atoms with Gasteiger partial charge in [0, 0.05) is 43.2 Å².